The summed E-state index contributed by atoms with van der Waals surface area (Å²) in [4.78, 5) is 30.1. The number of aromatic nitrogens is 1. The van der Waals surface area contributed by atoms with Gasteiger partial charge in [-0.25, -0.2) is 4.79 Å². The van der Waals surface area contributed by atoms with E-state index >= 15 is 0 Å². The molecular weight excluding hydrogens is 340 g/mol. The number of carbonyl (C=O) groups excluding carboxylic acids is 1. The zero-order valence-electron chi connectivity index (χ0n) is 15.0. The van der Waals surface area contributed by atoms with Crippen molar-refractivity contribution in [3.63, 3.8) is 0 Å². The van der Waals surface area contributed by atoms with Crippen LogP contribution in [-0.4, -0.2) is 40.0 Å². The first kappa shape index (κ1) is 16.5. The molecule has 0 unspecified atom stereocenters. The van der Waals surface area contributed by atoms with Crippen LogP contribution in [0.2, 0.25) is 0 Å². The SMILES string of the molecule is O=C(O)c1ccc(-c2ccc(C(=O)N3C[C@@H]4[C@@H]5CC[C@@H](C5)[C@@H]4C3)cc2)nc1. The lowest BCUT2D eigenvalue weighted by atomic mass is 9.82. The third-order valence-electron chi connectivity index (χ3n) is 6.86. The summed E-state index contributed by atoms with van der Waals surface area (Å²) in [5.74, 6) is 2.29. The number of fused-ring (bicyclic) bond motifs is 5. The molecule has 2 bridgehead atoms. The minimum Gasteiger partial charge on any atom is -0.478 e. The lowest BCUT2D eigenvalue weighted by Gasteiger charge is -2.22. The van der Waals surface area contributed by atoms with Crippen LogP contribution in [0.5, 0.6) is 0 Å². The molecule has 2 aromatic rings. The normalized spacial score (nSPS) is 28.4. The second kappa shape index (κ2) is 6.19. The smallest absolute Gasteiger partial charge is 0.337 e. The van der Waals surface area contributed by atoms with Crippen molar-refractivity contribution in [2.75, 3.05) is 13.1 Å². The maximum Gasteiger partial charge on any atom is 0.337 e. The number of likely N-dealkylation sites (tertiary alicyclic amines) is 1. The van der Waals surface area contributed by atoms with E-state index in [1.165, 1.54) is 25.5 Å². The van der Waals surface area contributed by atoms with Gasteiger partial charge in [-0.05, 0) is 67.2 Å². The van der Waals surface area contributed by atoms with Crippen molar-refractivity contribution < 1.29 is 14.7 Å². The van der Waals surface area contributed by atoms with Crippen molar-refractivity contribution in [3.8, 4) is 11.3 Å². The largest absolute Gasteiger partial charge is 0.478 e. The molecule has 1 aromatic carbocycles. The molecule has 5 heteroatoms. The average molecular weight is 362 g/mol. The second-order valence-corrected chi connectivity index (χ2v) is 8.19. The number of benzene rings is 1. The van der Waals surface area contributed by atoms with E-state index in [-0.39, 0.29) is 11.5 Å². The molecule has 1 N–H and O–H groups in total. The predicted octanol–water partition coefficient (Wildman–Crippen LogP) is 3.56. The molecule has 138 valence electrons. The number of carbonyl (C=O) groups is 2. The summed E-state index contributed by atoms with van der Waals surface area (Å²) >= 11 is 0. The van der Waals surface area contributed by atoms with E-state index in [0.717, 1.165) is 42.3 Å². The fraction of sp³-hybridized carbons (Fsp3) is 0.409. The number of aromatic carboxylic acids is 1. The van der Waals surface area contributed by atoms with Crippen molar-refractivity contribution >= 4 is 11.9 Å². The Morgan fingerprint density at radius 1 is 0.926 bits per heavy atom. The van der Waals surface area contributed by atoms with E-state index in [1.807, 2.05) is 24.3 Å². The molecule has 5 nitrogen and oxygen atoms in total. The maximum atomic E-state index is 12.9. The summed E-state index contributed by atoms with van der Waals surface area (Å²) in [6, 6.07) is 10.7. The Hall–Kier alpha value is -2.69. The summed E-state index contributed by atoms with van der Waals surface area (Å²) in [7, 11) is 0. The van der Waals surface area contributed by atoms with Crippen molar-refractivity contribution in [2.24, 2.45) is 23.7 Å². The van der Waals surface area contributed by atoms with Crippen LogP contribution in [-0.2, 0) is 0 Å². The number of rotatable bonds is 3. The molecule has 2 aliphatic carbocycles. The topological polar surface area (TPSA) is 70.5 Å². The van der Waals surface area contributed by atoms with Gasteiger partial charge in [-0.2, -0.15) is 0 Å². The molecule has 5 rings (SSSR count). The first-order chi connectivity index (χ1) is 13.1. The Morgan fingerprint density at radius 2 is 1.56 bits per heavy atom. The Labute approximate surface area is 158 Å². The van der Waals surface area contributed by atoms with Gasteiger partial charge < -0.3 is 10.0 Å². The van der Waals surface area contributed by atoms with E-state index in [0.29, 0.717) is 11.3 Å². The Bertz CT molecular complexity index is 873. The predicted molar refractivity (Wildman–Crippen MR) is 100 cm³/mol. The van der Waals surface area contributed by atoms with Crippen LogP contribution in [0.1, 0.15) is 40.0 Å². The zero-order chi connectivity index (χ0) is 18.5. The number of hydrogen-bond acceptors (Lipinski definition) is 3. The summed E-state index contributed by atoms with van der Waals surface area (Å²) in [6.45, 7) is 1.84. The first-order valence-corrected chi connectivity index (χ1v) is 9.69. The number of carboxylic acids is 1. The van der Waals surface area contributed by atoms with Crippen LogP contribution >= 0.6 is 0 Å². The highest BCUT2D eigenvalue weighted by Gasteiger charge is 2.52. The summed E-state index contributed by atoms with van der Waals surface area (Å²) in [6.07, 6.45) is 5.46. The number of nitrogens with zero attached hydrogens (tertiary/aromatic N) is 2. The number of amides is 1. The van der Waals surface area contributed by atoms with Crippen LogP contribution in [0.15, 0.2) is 42.6 Å². The summed E-state index contributed by atoms with van der Waals surface area (Å²) < 4.78 is 0. The molecular formula is C22H22N2O3. The molecule has 4 atom stereocenters. The Balaban J connectivity index is 1.30. The molecule has 1 aliphatic heterocycles. The van der Waals surface area contributed by atoms with Gasteiger partial charge in [0.25, 0.3) is 5.91 Å². The fourth-order valence-corrected chi connectivity index (χ4v) is 5.51. The van der Waals surface area contributed by atoms with Crippen LogP contribution in [0.25, 0.3) is 11.3 Å². The van der Waals surface area contributed by atoms with Crippen molar-refractivity contribution in [1.29, 1.82) is 0 Å². The monoisotopic (exact) mass is 362 g/mol. The Kier molecular flexibility index (Phi) is 3.78. The quantitative estimate of drug-likeness (QED) is 0.906. The van der Waals surface area contributed by atoms with Crippen molar-refractivity contribution in [1.82, 2.24) is 9.88 Å². The van der Waals surface area contributed by atoms with Crippen molar-refractivity contribution in [3.05, 3.63) is 53.7 Å². The van der Waals surface area contributed by atoms with Gasteiger partial charge in [0.15, 0.2) is 0 Å². The average Bonchev–Trinajstić information content (AvgIpc) is 3.41. The van der Waals surface area contributed by atoms with Crippen LogP contribution < -0.4 is 0 Å². The van der Waals surface area contributed by atoms with Gasteiger partial charge in [0.1, 0.15) is 0 Å². The lowest BCUT2D eigenvalue weighted by Crippen LogP contribution is -2.30. The Morgan fingerprint density at radius 3 is 2.11 bits per heavy atom. The standard InChI is InChI=1S/C22H22N2O3/c25-21(24-11-18-15-5-6-16(9-15)19(18)12-24)14-3-1-13(2-4-14)20-8-7-17(10-23-20)22(26)27/h1-4,7-8,10,15-16,18-19H,5-6,9,11-12H2,(H,26,27)/t15-,16+,18-,19+. The number of hydrogen-bond donors (Lipinski definition) is 1. The highest BCUT2D eigenvalue weighted by atomic mass is 16.4. The third-order valence-corrected chi connectivity index (χ3v) is 6.86. The summed E-state index contributed by atoms with van der Waals surface area (Å²) in [5.41, 5.74) is 2.46. The van der Waals surface area contributed by atoms with Gasteiger partial charge in [-0.3, -0.25) is 9.78 Å². The minimum absolute atomic E-state index is 0.129. The lowest BCUT2D eigenvalue weighted by molar-refractivity contribution is 0.0695. The van der Waals surface area contributed by atoms with E-state index < -0.39 is 5.97 Å². The van der Waals surface area contributed by atoms with E-state index in [9.17, 15) is 9.59 Å². The van der Waals surface area contributed by atoms with Gasteiger partial charge in [0.2, 0.25) is 0 Å². The molecule has 3 aliphatic rings. The van der Waals surface area contributed by atoms with E-state index in [4.69, 9.17) is 5.11 Å². The molecule has 1 aromatic heterocycles. The van der Waals surface area contributed by atoms with Gasteiger partial charge >= 0.3 is 5.97 Å². The van der Waals surface area contributed by atoms with Gasteiger partial charge in [0, 0.05) is 30.4 Å². The van der Waals surface area contributed by atoms with Gasteiger partial charge in [-0.15, -0.1) is 0 Å². The second-order valence-electron chi connectivity index (χ2n) is 8.19. The molecule has 3 fully saturated rings. The fourth-order valence-electron chi connectivity index (χ4n) is 5.51. The van der Waals surface area contributed by atoms with Crippen LogP contribution in [0.4, 0.5) is 0 Å². The van der Waals surface area contributed by atoms with E-state index in [2.05, 4.69) is 9.88 Å². The summed E-state index contributed by atoms with van der Waals surface area (Å²) in [5, 5.41) is 8.96. The number of pyridine rings is 1. The molecule has 2 saturated carbocycles. The van der Waals surface area contributed by atoms with E-state index in [1.54, 1.807) is 12.1 Å². The van der Waals surface area contributed by atoms with Crippen LogP contribution in [0, 0.1) is 23.7 Å². The maximum absolute atomic E-state index is 12.9. The van der Waals surface area contributed by atoms with Crippen molar-refractivity contribution in [2.45, 2.75) is 19.3 Å². The molecule has 1 saturated heterocycles. The molecule has 1 amide bonds. The molecule has 0 radical (unpaired) electrons. The van der Waals surface area contributed by atoms with Crippen LogP contribution in [0.3, 0.4) is 0 Å². The minimum atomic E-state index is -0.987. The van der Waals surface area contributed by atoms with Gasteiger partial charge in [-0.1, -0.05) is 12.1 Å². The highest BCUT2D eigenvalue weighted by molar-refractivity contribution is 5.95. The molecule has 2 heterocycles. The third kappa shape index (κ3) is 2.73. The zero-order valence-corrected chi connectivity index (χ0v) is 15.0. The molecule has 0 spiro atoms. The molecule has 27 heavy (non-hydrogen) atoms. The first-order valence-electron chi connectivity index (χ1n) is 9.69. The van der Waals surface area contributed by atoms with Gasteiger partial charge in [0.05, 0.1) is 11.3 Å². The number of carboxylic acid groups (broad SMARTS) is 1. The highest BCUT2D eigenvalue weighted by Crippen LogP contribution is 2.55.